The largest absolute Gasteiger partial charge is 0.330 e. The SMILES string of the molecule is CC1CN(Cc2ccccc2CCN)CC1N(C)C. The zero-order valence-electron chi connectivity index (χ0n) is 12.5. The Morgan fingerprint density at radius 1 is 1.21 bits per heavy atom. The van der Waals surface area contributed by atoms with Crippen molar-refractivity contribution in [1.29, 1.82) is 0 Å². The molecule has 2 atom stereocenters. The van der Waals surface area contributed by atoms with Crippen LogP contribution in [-0.2, 0) is 13.0 Å². The van der Waals surface area contributed by atoms with Gasteiger partial charge in [0.05, 0.1) is 0 Å². The highest BCUT2D eigenvalue weighted by molar-refractivity contribution is 5.27. The molecule has 19 heavy (non-hydrogen) atoms. The Bertz CT molecular complexity index is 403. The average Bonchev–Trinajstić information content (AvgIpc) is 2.73. The minimum atomic E-state index is 0.682. The van der Waals surface area contributed by atoms with Crippen LogP contribution in [0.4, 0.5) is 0 Å². The van der Waals surface area contributed by atoms with E-state index in [1.165, 1.54) is 24.2 Å². The van der Waals surface area contributed by atoms with Crippen LogP contribution in [-0.4, -0.2) is 49.6 Å². The van der Waals surface area contributed by atoms with E-state index < -0.39 is 0 Å². The molecule has 1 heterocycles. The molecule has 2 rings (SSSR count). The van der Waals surface area contributed by atoms with Gasteiger partial charge in [0.25, 0.3) is 0 Å². The van der Waals surface area contributed by atoms with Crippen molar-refractivity contribution in [2.45, 2.75) is 25.9 Å². The van der Waals surface area contributed by atoms with E-state index in [1.807, 2.05) is 0 Å². The lowest BCUT2D eigenvalue weighted by Crippen LogP contribution is -2.34. The minimum Gasteiger partial charge on any atom is -0.330 e. The molecular weight excluding hydrogens is 234 g/mol. The standard InChI is InChI=1S/C16H27N3/c1-13-10-19(12-16(13)18(2)3)11-15-7-5-4-6-14(15)8-9-17/h4-7,13,16H,8-12,17H2,1-3H3. The Balaban J connectivity index is 2.02. The van der Waals surface area contributed by atoms with Crippen molar-refractivity contribution in [2.75, 3.05) is 33.7 Å². The van der Waals surface area contributed by atoms with E-state index in [9.17, 15) is 0 Å². The van der Waals surface area contributed by atoms with E-state index in [0.717, 1.165) is 25.4 Å². The van der Waals surface area contributed by atoms with Crippen molar-refractivity contribution < 1.29 is 0 Å². The maximum absolute atomic E-state index is 5.70. The van der Waals surface area contributed by atoms with E-state index in [0.29, 0.717) is 6.04 Å². The van der Waals surface area contributed by atoms with Crippen LogP contribution in [0, 0.1) is 5.92 Å². The van der Waals surface area contributed by atoms with Gasteiger partial charge in [-0.2, -0.15) is 0 Å². The summed E-state index contributed by atoms with van der Waals surface area (Å²) in [5.41, 5.74) is 8.55. The van der Waals surface area contributed by atoms with Crippen molar-refractivity contribution in [3.05, 3.63) is 35.4 Å². The van der Waals surface area contributed by atoms with Gasteiger partial charge in [0, 0.05) is 25.7 Å². The molecular formula is C16H27N3. The number of likely N-dealkylation sites (N-methyl/N-ethyl adjacent to an activating group) is 1. The van der Waals surface area contributed by atoms with Gasteiger partial charge < -0.3 is 10.6 Å². The molecule has 1 saturated heterocycles. The van der Waals surface area contributed by atoms with Gasteiger partial charge in [-0.05, 0) is 44.1 Å². The molecule has 0 aliphatic carbocycles. The minimum absolute atomic E-state index is 0.682. The topological polar surface area (TPSA) is 32.5 Å². The molecule has 0 bridgehead atoms. The molecule has 1 aromatic carbocycles. The Kier molecular flexibility index (Phi) is 4.97. The third kappa shape index (κ3) is 3.56. The van der Waals surface area contributed by atoms with Crippen LogP contribution >= 0.6 is 0 Å². The number of likely N-dealkylation sites (tertiary alicyclic amines) is 1. The van der Waals surface area contributed by atoms with Crippen LogP contribution in [0.3, 0.4) is 0 Å². The van der Waals surface area contributed by atoms with Crippen molar-refractivity contribution in [2.24, 2.45) is 11.7 Å². The van der Waals surface area contributed by atoms with E-state index in [4.69, 9.17) is 5.73 Å². The van der Waals surface area contributed by atoms with Gasteiger partial charge in [-0.1, -0.05) is 31.2 Å². The molecule has 0 aromatic heterocycles. The first-order valence-corrected chi connectivity index (χ1v) is 7.27. The second kappa shape index (κ2) is 6.51. The number of benzene rings is 1. The average molecular weight is 261 g/mol. The summed E-state index contributed by atoms with van der Waals surface area (Å²) in [6.07, 6.45) is 0.983. The lowest BCUT2D eigenvalue weighted by atomic mass is 10.0. The summed E-state index contributed by atoms with van der Waals surface area (Å²) in [4.78, 5) is 4.93. The molecule has 2 unspecified atom stereocenters. The molecule has 1 aromatic rings. The molecule has 1 fully saturated rings. The van der Waals surface area contributed by atoms with E-state index in [1.54, 1.807) is 0 Å². The Morgan fingerprint density at radius 2 is 1.89 bits per heavy atom. The van der Waals surface area contributed by atoms with Gasteiger partial charge in [-0.15, -0.1) is 0 Å². The van der Waals surface area contributed by atoms with Crippen LogP contribution in [0.1, 0.15) is 18.1 Å². The summed E-state index contributed by atoms with van der Waals surface area (Å²) in [7, 11) is 4.38. The summed E-state index contributed by atoms with van der Waals surface area (Å²) < 4.78 is 0. The zero-order valence-corrected chi connectivity index (χ0v) is 12.5. The van der Waals surface area contributed by atoms with Gasteiger partial charge >= 0.3 is 0 Å². The molecule has 0 saturated carbocycles. The second-order valence-electron chi connectivity index (χ2n) is 6.01. The molecule has 3 heteroatoms. The smallest absolute Gasteiger partial charge is 0.0254 e. The monoisotopic (exact) mass is 261 g/mol. The fraction of sp³-hybridized carbons (Fsp3) is 0.625. The van der Waals surface area contributed by atoms with Crippen LogP contribution in [0.2, 0.25) is 0 Å². The molecule has 1 aliphatic rings. The molecule has 106 valence electrons. The van der Waals surface area contributed by atoms with Gasteiger partial charge in [-0.3, -0.25) is 4.90 Å². The number of nitrogens with two attached hydrogens (primary N) is 1. The van der Waals surface area contributed by atoms with Gasteiger partial charge in [0.1, 0.15) is 0 Å². The summed E-state index contributed by atoms with van der Waals surface area (Å²) in [6, 6.07) is 9.40. The molecule has 0 spiro atoms. The third-order valence-electron chi connectivity index (χ3n) is 4.24. The first-order valence-electron chi connectivity index (χ1n) is 7.27. The van der Waals surface area contributed by atoms with E-state index in [2.05, 4.69) is 55.1 Å². The van der Waals surface area contributed by atoms with E-state index in [-0.39, 0.29) is 0 Å². The van der Waals surface area contributed by atoms with Crippen LogP contribution in [0.25, 0.3) is 0 Å². The second-order valence-corrected chi connectivity index (χ2v) is 6.01. The first kappa shape index (κ1) is 14.5. The van der Waals surface area contributed by atoms with Crippen molar-refractivity contribution >= 4 is 0 Å². The third-order valence-corrected chi connectivity index (χ3v) is 4.24. The van der Waals surface area contributed by atoms with Crippen LogP contribution < -0.4 is 5.73 Å². The normalized spacial score (nSPS) is 24.3. The summed E-state index contributed by atoms with van der Waals surface area (Å²) in [5, 5.41) is 0. The lowest BCUT2D eigenvalue weighted by molar-refractivity contribution is 0.250. The van der Waals surface area contributed by atoms with Crippen molar-refractivity contribution in [1.82, 2.24) is 9.80 Å². The predicted octanol–water partition coefficient (Wildman–Crippen LogP) is 1.57. The van der Waals surface area contributed by atoms with Crippen LogP contribution in [0.15, 0.2) is 24.3 Å². The highest BCUT2D eigenvalue weighted by Gasteiger charge is 2.30. The Hall–Kier alpha value is -0.900. The molecule has 3 nitrogen and oxygen atoms in total. The first-order chi connectivity index (χ1) is 9.11. The number of hydrogen-bond donors (Lipinski definition) is 1. The maximum Gasteiger partial charge on any atom is 0.0254 e. The van der Waals surface area contributed by atoms with Crippen molar-refractivity contribution in [3.63, 3.8) is 0 Å². The molecule has 1 aliphatic heterocycles. The van der Waals surface area contributed by atoms with Crippen molar-refractivity contribution in [3.8, 4) is 0 Å². The highest BCUT2D eigenvalue weighted by Crippen LogP contribution is 2.23. The van der Waals surface area contributed by atoms with Crippen LogP contribution in [0.5, 0.6) is 0 Å². The lowest BCUT2D eigenvalue weighted by Gasteiger charge is -2.23. The Labute approximate surface area is 117 Å². The van der Waals surface area contributed by atoms with Gasteiger partial charge in [0.15, 0.2) is 0 Å². The number of nitrogens with zero attached hydrogens (tertiary/aromatic N) is 2. The molecule has 2 N–H and O–H groups in total. The number of hydrogen-bond acceptors (Lipinski definition) is 3. The van der Waals surface area contributed by atoms with E-state index >= 15 is 0 Å². The number of rotatable bonds is 5. The molecule has 0 radical (unpaired) electrons. The Morgan fingerprint density at radius 3 is 2.47 bits per heavy atom. The van der Waals surface area contributed by atoms with Gasteiger partial charge in [-0.25, -0.2) is 0 Å². The summed E-state index contributed by atoms with van der Waals surface area (Å²) >= 11 is 0. The summed E-state index contributed by atoms with van der Waals surface area (Å²) in [5.74, 6) is 0.747. The summed E-state index contributed by atoms with van der Waals surface area (Å²) in [6.45, 7) is 6.51. The predicted molar refractivity (Wildman–Crippen MR) is 81.1 cm³/mol. The van der Waals surface area contributed by atoms with Gasteiger partial charge in [0.2, 0.25) is 0 Å². The fourth-order valence-electron chi connectivity index (χ4n) is 3.20. The molecule has 0 amide bonds. The highest BCUT2D eigenvalue weighted by atomic mass is 15.2. The quantitative estimate of drug-likeness (QED) is 0.873. The zero-order chi connectivity index (χ0) is 13.8. The fourth-order valence-corrected chi connectivity index (χ4v) is 3.20. The maximum atomic E-state index is 5.70.